The first-order chi connectivity index (χ1) is 12.9. The minimum absolute atomic E-state index is 0.0794. The average Bonchev–Trinajstić information content (AvgIpc) is 3.27. The van der Waals surface area contributed by atoms with Crippen molar-refractivity contribution in [2.75, 3.05) is 19.6 Å². The predicted molar refractivity (Wildman–Crippen MR) is 102 cm³/mol. The maximum absolute atomic E-state index is 12.1. The number of hydrogen-bond donors (Lipinski definition) is 2. The molecule has 1 aromatic rings. The van der Waals surface area contributed by atoms with Gasteiger partial charge >= 0.3 is 0 Å². The molecule has 1 heterocycles. The van der Waals surface area contributed by atoms with Crippen LogP contribution in [-0.2, 0) is 26.0 Å². The van der Waals surface area contributed by atoms with E-state index in [1.54, 1.807) is 24.3 Å². The third kappa shape index (κ3) is 6.04. The molecule has 1 aliphatic heterocycles. The Kier molecular flexibility index (Phi) is 6.49. The fraction of sp³-hybridized carbons (Fsp3) is 0.579. The minimum Gasteiger partial charge on any atom is -0.356 e. The van der Waals surface area contributed by atoms with E-state index in [0.29, 0.717) is 25.8 Å². The molecular weight excluding hydrogens is 366 g/mol. The van der Waals surface area contributed by atoms with Gasteiger partial charge in [0.2, 0.25) is 21.8 Å². The van der Waals surface area contributed by atoms with Gasteiger partial charge in [0.1, 0.15) is 0 Å². The zero-order chi connectivity index (χ0) is 19.3. The molecular formula is C19H27N3O4S. The third-order valence-corrected chi connectivity index (χ3v) is 6.43. The molecule has 0 aromatic heterocycles. The maximum atomic E-state index is 12.1. The Balaban J connectivity index is 1.37. The first-order valence-corrected chi connectivity index (χ1v) is 11.1. The molecule has 0 unspecified atom stereocenters. The molecule has 27 heavy (non-hydrogen) atoms. The Morgan fingerprint density at radius 2 is 1.70 bits per heavy atom. The number of carbonyl (C=O) groups excluding carboxylic acids is 2. The lowest BCUT2D eigenvalue weighted by atomic mass is 10.1. The number of nitrogens with zero attached hydrogens (tertiary/aromatic N) is 1. The molecule has 0 spiro atoms. The van der Waals surface area contributed by atoms with Crippen molar-refractivity contribution in [1.29, 1.82) is 0 Å². The van der Waals surface area contributed by atoms with Crippen LogP contribution in [-0.4, -0.2) is 50.8 Å². The number of aryl methyl sites for hydroxylation is 1. The third-order valence-electron chi connectivity index (χ3n) is 4.89. The van der Waals surface area contributed by atoms with Crippen LogP contribution < -0.4 is 10.0 Å². The maximum Gasteiger partial charge on any atom is 0.240 e. The standard InChI is InChI=1S/C19H27N3O4S/c23-18(20-12-11-19(24)22-13-1-2-14-22)10-5-15-3-8-17(9-4-15)27(25,26)21-16-6-7-16/h3-4,8-9,16,21H,1-2,5-7,10-14H2,(H,20,23). The number of sulfonamides is 1. The summed E-state index contributed by atoms with van der Waals surface area (Å²) in [4.78, 5) is 25.9. The Bertz CT molecular complexity index is 767. The second kappa shape index (κ2) is 8.84. The molecule has 148 valence electrons. The van der Waals surface area contributed by atoms with E-state index in [1.807, 2.05) is 4.90 Å². The molecule has 1 aromatic carbocycles. The number of likely N-dealkylation sites (tertiary alicyclic amines) is 1. The summed E-state index contributed by atoms with van der Waals surface area (Å²) >= 11 is 0. The van der Waals surface area contributed by atoms with E-state index in [2.05, 4.69) is 10.0 Å². The highest BCUT2D eigenvalue weighted by atomic mass is 32.2. The Hall–Kier alpha value is -1.93. The van der Waals surface area contributed by atoms with Crippen molar-refractivity contribution in [3.8, 4) is 0 Å². The van der Waals surface area contributed by atoms with Gasteiger partial charge in [-0.3, -0.25) is 9.59 Å². The molecule has 1 aliphatic carbocycles. The summed E-state index contributed by atoms with van der Waals surface area (Å²) in [5.41, 5.74) is 0.906. The van der Waals surface area contributed by atoms with Crippen LogP contribution >= 0.6 is 0 Å². The second-order valence-electron chi connectivity index (χ2n) is 7.23. The number of rotatable bonds is 9. The lowest BCUT2D eigenvalue weighted by molar-refractivity contribution is -0.130. The summed E-state index contributed by atoms with van der Waals surface area (Å²) < 4.78 is 26.9. The number of amides is 2. The molecule has 0 radical (unpaired) electrons. The fourth-order valence-electron chi connectivity index (χ4n) is 3.10. The quantitative estimate of drug-likeness (QED) is 0.659. The van der Waals surface area contributed by atoms with Gasteiger partial charge in [-0.1, -0.05) is 12.1 Å². The zero-order valence-electron chi connectivity index (χ0n) is 15.4. The van der Waals surface area contributed by atoms with Crippen molar-refractivity contribution in [2.45, 2.75) is 55.9 Å². The number of carbonyl (C=O) groups is 2. The van der Waals surface area contributed by atoms with Crippen LogP contribution in [0.3, 0.4) is 0 Å². The molecule has 2 N–H and O–H groups in total. The summed E-state index contributed by atoms with van der Waals surface area (Å²) in [6, 6.07) is 6.71. The van der Waals surface area contributed by atoms with Crippen molar-refractivity contribution in [3.63, 3.8) is 0 Å². The van der Waals surface area contributed by atoms with Crippen molar-refractivity contribution in [1.82, 2.24) is 14.9 Å². The molecule has 2 fully saturated rings. The van der Waals surface area contributed by atoms with Crippen molar-refractivity contribution in [2.24, 2.45) is 0 Å². The lowest BCUT2D eigenvalue weighted by Gasteiger charge is -2.15. The van der Waals surface area contributed by atoms with E-state index in [0.717, 1.165) is 44.3 Å². The van der Waals surface area contributed by atoms with Gasteiger partial charge in [-0.2, -0.15) is 0 Å². The first-order valence-electron chi connectivity index (χ1n) is 9.60. The lowest BCUT2D eigenvalue weighted by Crippen LogP contribution is -2.32. The van der Waals surface area contributed by atoms with E-state index in [1.165, 1.54) is 0 Å². The first kappa shape index (κ1) is 19.8. The molecule has 1 saturated carbocycles. The molecule has 7 nitrogen and oxygen atoms in total. The van der Waals surface area contributed by atoms with Crippen LogP contribution in [0.2, 0.25) is 0 Å². The Morgan fingerprint density at radius 3 is 2.33 bits per heavy atom. The molecule has 0 bridgehead atoms. The van der Waals surface area contributed by atoms with Crippen molar-refractivity contribution in [3.05, 3.63) is 29.8 Å². The smallest absolute Gasteiger partial charge is 0.240 e. The normalized spacial score (nSPS) is 17.1. The van der Waals surface area contributed by atoms with E-state index >= 15 is 0 Å². The summed E-state index contributed by atoms with van der Waals surface area (Å²) in [7, 11) is -3.44. The minimum atomic E-state index is -3.44. The number of hydrogen-bond acceptors (Lipinski definition) is 4. The van der Waals surface area contributed by atoms with Crippen LogP contribution in [0, 0.1) is 0 Å². The summed E-state index contributed by atoms with van der Waals surface area (Å²) in [5.74, 6) is 0.000672. The van der Waals surface area contributed by atoms with Gasteiger partial charge < -0.3 is 10.2 Å². The summed E-state index contributed by atoms with van der Waals surface area (Å²) in [6.45, 7) is 2.02. The van der Waals surface area contributed by atoms with E-state index < -0.39 is 10.0 Å². The Morgan fingerprint density at radius 1 is 1.04 bits per heavy atom. The highest BCUT2D eigenvalue weighted by molar-refractivity contribution is 7.89. The van der Waals surface area contributed by atoms with Crippen LogP contribution in [0.1, 0.15) is 44.1 Å². The van der Waals surface area contributed by atoms with Gasteiger partial charge in [0.25, 0.3) is 0 Å². The average molecular weight is 394 g/mol. The van der Waals surface area contributed by atoms with Crippen LogP contribution in [0.25, 0.3) is 0 Å². The highest BCUT2D eigenvalue weighted by Gasteiger charge is 2.27. The van der Waals surface area contributed by atoms with Crippen molar-refractivity contribution < 1.29 is 18.0 Å². The Labute approximate surface area is 160 Å². The van der Waals surface area contributed by atoms with Gasteiger partial charge in [-0.15, -0.1) is 0 Å². The molecule has 8 heteroatoms. The van der Waals surface area contributed by atoms with Gasteiger partial charge in [-0.05, 0) is 49.8 Å². The number of benzene rings is 1. The van der Waals surface area contributed by atoms with Gasteiger partial charge in [0.15, 0.2) is 0 Å². The highest BCUT2D eigenvalue weighted by Crippen LogP contribution is 2.22. The van der Waals surface area contributed by atoms with Crippen LogP contribution in [0.15, 0.2) is 29.2 Å². The largest absolute Gasteiger partial charge is 0.356 e. The topological polar surface area (TPSA) is 95.6 Å². The van der Waals surface area contributed by atoms with Gasteiger partial charge in [0.05, 0.1) is 4.90 Å². The second-order valence-corrected chi connectivity index (χ2v) is 8.94. The van der Waals surface area contributed by atoms with Gasteiger partial charge in [-0.25, -0.2) is 13.1 Å². The molecule has 3 rings (SSSR count). The summed E-state index contributed by atoms with van der Waals surface area (Å²) in [5, 5.41) is 2.78. The fourth-order valence-corrected chi connectivity index (χ4v) is 4.41. The molecule has 2 amide bonds. The van der Waals surface area contributed by atoms with E-state index in [9.17, 15) is 18.0 Å². The number of nitrogens with one attached hydrogen (secondary N) is 2. The molecule has 1 saturated heterocycles. The van der Waals surface area contributed by atoms with E-state index in [-0.39, 0.29) is 22.8 Å². The van der Waals surface area contributed by atoms with Crippen molar-refractivity contribution >= 4 is 21.8 Å². The van der Waals surface area contributed by atoms with E-state index in [4.69, 9.17) is 0 Å². The van der Waals surface area contributed by atoms with Crippen LogP contribution in [0.4, 0.5) is 0 Å². The predicted octanol–water partition coefficient (Wildman–Crippen LogP) is 1.19. The molecule has 2 aliphatic rings. The monoisotopic (exact) mass is 393 g/mol. The molecule has 0 atom stereocenters. The SMILES string of the molecule is O=C(CCc1ccc(S(=O)(=O)NC2CC2)cc1)NCCC(=O)N1CCCC1. The van der Waals surface area contributed by atoms with Gasteiger partial charge in [0, 0.05) is 38.5 Å². The zero-order valence-corrected chi connectivity index (χ0v) is 16.3. The summed E-state index contributed by atoms with van der Waals surface area (Å²) in [6.07, 6.45) is 5.11. The van der Waals surface area contributed by atoms with Crippen LogP contribution in [0.5, 0.6) is 0 Å².